The molecule has 1 heterocycles. The van der Waals surface area contributed by atoms with Gasteiger partial charge in [0.1, 0.15) is 0 Å². The lowest BCUT2D eigenvalue weighted by molar-refractivity contribution is 0.152. The molecule has 0 aromatic rings. The first-order valence-corrected chi connectivity index (χ1v) is 6.70. The van der Waals surface area contributed by atoms with Gasteiger partial charge in [0, 0.05) is 19.1 Å². The third-order valence-corrected chi connectivity index (χ3v) is 3.37. The highest BCUT2D eigenvalue weighted by atomic mass is 32.2. The number of ether oxygens (including phenoxy) is 1. The van der Waals surface area contributed by atoms with E-state index >= 15 is 0 Å². The topological polar surface area (TPSA) is 50.4 Å². The largest absolute Gasteiger partial charge is 0.450 e. The van der Waals surface area contributed by atoms with E-state index in [1.165, 1.54) is 24.3 Å². The summed E-state index contributed by atoms with van der Waals surface area (Å²) >= 11 is 2.02. The quantitative estimate of drug-likeness (QED) is 0.700. The molecule has 0 aliphatic carbocycles. The second kappa shape index (κ2) is 7.82. The molecule has 0 radical (unpaired) electrons. The first-order chi connectivity index (χ1) is 7.33. The fourth-order valence-electron chi connectivity index (χ4n) is 1.52. The Balaban J connectivity index is 1.93. The summed E-state index contributed by atoms with van der Waals surface area (Å²) < 4.78 is 4.75. The van der Waals surface area contributed by atoms with E-state index in [4.69, 9.17) is 4.74 Å². The van der Waals surface area contributed by atoms with Gasteiger partial charge in [-0.1, -0.05) is 0 Å². The Kier molecular flexibility index (Phi) is 6.59. The summed E-state index contributed by atoms with van der Waals surface area (Å²) in [5, 5.41) is 6.13. The number of rotatable bonds is 5. The van der Waals surface area contributed by atoms with Crippen LogP contribution in [0.15, 0.2) is 0 Å². The minimum atomic E-state index is -0.321. The summed E-state index contributed by atoms with van der Waals surface area (Å²) in [5.74, 6) is 2.51. The molecule has 0 aromatic carbocycles. The maximum Gasteiger partial charge on any atom is 0.407 e. The molecule has 1 amide bonds. The molecule has 4 nitrogen and oxygen atoms in total. The van der Waals surface area contributed by atoms with Gasteiger partial charge in [-0.15, -0.1) is 0 Å². The highest BCUT2D eigenvalue weighted by Crippen LogP contribution is 2.16. The van der Waals surface area contributed by atoms with Crippen LogP contribution in [0.4, 0.5) is 4.79 Å². The molecule has 88 valence electrons. The molecular weight excluding hydrogens is 212 g/mol. The van der Waals surface area contributed by atoms with Gasteiger partial charge in [0.25, 0.3) is 0 Å². The van der Waals surface area contributed by atoms with E-state index < -0.39 is 0 Å². The Labute approximate surface area is 95.5 Å². The molecule has 1 fully saturated rings. The van der Waals surface area contributed by atoms with Crippen molar-refractivity contribution < 1.29 is 9.53 Å². The van der Waals surface area contributed by atoms with Crippen LogP contribution >= 0.6 is 11.8 Å². The van der Waals surface area contributed by atoms with Gasteiger partial charge in [-0.3, -0.25) is 0 Å². The average molecular weight is 232 g/mol. The normalized spacial score (nSPS) is 17.4. The second-order valence-electron chi connectivity index (χ2n) is 3.49. The van der Waals surface area contributed by atoms with Gasteiger partial charge in [0.15, 0.2) is 0 Å². The number of hydrogen-bond acceptors (Lipinski definition) is 4. The highest BCUT2D eigenvalue weighted by Gasteiger charge is 2.12. The van der Waals surface area contributed by atoms with Crippen LogP contribution in [0.3, 0.4) is 0 Å². The monoisotopic (exact) mass is 232 g/mol. The summed E-state index contributed by atoms with van der Waals surface area (Å²) in [6, 6.07) is 0.634. The smallest absolute Gasteiger partial charge is 0.407 e. The fraction of sp³-hybridized carbons (Fsp3) is 0.900. The summed E-state index contributed by atoms with van der Waals surface area (Å²) in [7, 11) is 0. The van der Waals surface area contributed by atoms with Crippen LogP contribution in [0.1, 0.15) is 19.8 Å². The molecule has 1 saturated heterocycles. The van der Waals surface area contributed by atoms with Crippen LogP contribution < -0.4 is 10.6 Å². The third kappa shape index (κ3) is 5.89. The minimum Gasteiger partial charge on any atom is -0.450 e. The molecule has 5 heteroatoms. The number of nitrogens with one attached hydrogen (secondary N) is 2. The first-order valence-electron chi connectivity index (χ1n) is 5.54. The number of hydrogen-bond donors (Lipinski definition) is 2. The van der Waals surface area contributed by atoms with Crippen LogP contribution in [0, 0.1) is 0 Å². The lowest BCUT2D eigenvalue weighted by atomic mass is 10.1. The van der Waals surface area contributed by atoms with Crippen molar-refractivity contribution in [2.45, 2.75) is 25.8 Å². The van der Waals surface area contributed by atoms with Crippen molar-refractivity contribution in [1.29, 1.82) is 0 Å². The molecule has 1 aliphatic rings. The van der Waals surface area contributed by atoms with E-state index in [0.717, 1.165) is 6.54 Å². The van der Waals surface area contributed by atoms with Gasteiger partial charge >= 0.3 is 6.09 Å². The minimum absolute atomic E-state index is 0.321. The van der Waals surface area contributed by atoms with Gasteiger partial charge in [-0.05, 0) is 31.3 Å². The summed E-state index contributed by atoms with van der Waals surface area (Å²) in [5.41, 5.74) is 0. The molecule has 0 aromatic heterocycles. The number of alkyl carbamates (subject to hydrolysis) is 1. The van der Waals surface area contributed by atoms with E-state index in [-0.39, 0.29) is 6.09 Å². The van der Waals surface area contributed by atoms with E-state index in [9.17, 15) is 4.79 Å². The number of amides is 1. The number of carbonyl (C=O) groups excluding carboxylic acids is 1. The van der Waals surface area contributed by atoms with Crippen molar-refractivity contribution >= 4 is 17.9 Å². The Hall–Kier alpha value is -0.420. The Bertz CT molecular complexity index is 184. The molecule has 0 atom stereocenters. The van der Waals surface area contributed by atoms with Crippen LogP contribution in [0.25, 0.3) is 0 Å². The van der Waals surface area contributed by atoms with Crippen molar-refractivity contribution in [3.05, 3.63) is 0 Å². The number of carbonyl (C=O) groups is 1. The van der Waals surface area contributed by atoms with Crippen molar-refractivity contribution in [2.24, 2.45) is 0 Å². The van der Waals surface area contributed by atoms with E-state index in [0.29, 0.717) is 19.2 Å². The average Bonchev–Trinajstić information content (AvgIpc) is 2.26. The van der Waals surface area contributed by atoms with E-state index in [2.05, 4.69) is 10.6 Å². The first kappa shape index (κ1) is 12.6. The van der Waals surface area contributed by atoms with Crippen molar-refractivity contribution in [3.8, 4) is 0 Å². The third-order valence-electron chi connectivity index (χ3n) is 2.32. The van der Waals surface area contributed by atoms with Crippen molar-refractivity contribution in [1.82, 2.24) is 10.6 Å². The Morgan fingerprint density at radius 2 is 2.13 bits per heavy atom. The predicted molar refractivity (Wildman–Crippen MR) is 63.4 cm³/mol. The van der Waals surface area contributed by atoms with Crippen molar-refractivity contribution in [2.75, 3.05) is 31.2 Å². The van der Waals surface area contributed by atoms with E-state index in [1.807, 2.05) is 11.8 Å². The predicted octanol–water partition coefficient (Wildman–Crippen LogP) is 1.22. The van der Waals surface area contributed by atoms with Crippen LogP contribution in [-0.2, 0) is 4.74 Å². The second-order valence-corrected chi connectivity index (χ2v) is 4.71. The van der Waals surface area contributed by atoms with Gasteiger partial charge < -0.3 is 15.4 Å². The molecule has 2 N–H and O–H groups in total. The van der Waals surface area contributed by atoms with Gasteiger partial charge in [-0.25, -0.2) is 4.79 Å². The Morgan fingerprint density at radius 1 is 1.40 bits per heavy atom. The molecule has 1 rings (SSSR count). The van der Waals surface area contributed by atoms with Gasteiger partial charge in [0.05, 0.1) is 6.61 Å². The molecule has 0 spiro atoms. The van der Waals surface area contributed by atoms with Crippen LogP contribution in [-0.4, -0.2) is 43.3 Å². The summed E-state index contributed by atoms with van der Waals surface area (Å²) in [6.07, 6.45) is 2.16. The summed E-state index contributed by atoms with van der Waals surface area (Å²) in [6.45, 7) is 3.70. The lowest BCUT2D eigenvalue weighted by Gasteiger charge is -2.22. The molecular formula is C10H20N2O2S. The molecule has 0 saturated carbocycles. The Morgan fingerprint density at radius 3 is 2.80 bits per heavy atom. The van der Waals surface area contributed by atoms with Crippen LogP contribution in [0.2, 0.25) is 0 Å². The molecule has 0 bridgehead atoms. The zero-order chi connectivity index (χ0) is 10.9. The van der Waals surface area contributed by atoms with Gasteiger partial charge in [0.2, 0.25) is 0 Å². The zero-order valence-corrected chi connectivity index (χ0v) is 10.1. The van der Waals surface area contributed by atoms with Crippen molar-refractivity contribution in [3.63, 3.8) is 0 Å². The van der Waals surface area contributed by atoms with Crippen LogP contribution in [0.5, 0.6) is 0 Å². The standard InChI is InChI=1S/C10H20N2O2S/c1-2-14-10(13)12-6-5-11-9-3-7-15-8-4-9/h9,11H,2-8H2,1H3,(H,12,13). The van der Waals surface area contributed by atoms with E-state index in [1.54, 1.807) is 6.92 Å². The van der Waals surface area contributed by atoms with Gasteiger partial charge in [-0.2, -0.15) is 11.8 Å². The fourth-order valence-corrected chi connectivity index (χ4v) is 2.63. The molecule has 1 aliphatic heterocycles. The zero-order valence-electron chi connectivity index (χ0n) is 9.25. The number of thioether (sulfide) groups is 1. The maximum atomic E-state index is 10.9. The summed E-state index contributed by atoms with van der Waals surface area (Å²) in [4.78, 5) is 10.9. The SMILES string of the molecule is CCOC(=O)NCCNC1CCSCC1. The maximum absolute atomic E-state index is 10.9. The molecule has 15 heavy (non-hydrogen) atoms. The molecule has 0 unspecified atom stereocenters. The highest BCUT2D eigenvalue weighted by molar-refractivity contribution is 7.99. The lowest BCUT2D eigenvalue weighted by Crippen LogP contribution is -2.38.